The van der Waals surface area contributed by atoms with Crippen LogP contribution in [0, 0.1) is 0 Å². The number of fused-ring (bicyclic) bond motifs is 1. The molecule has 1 N–H and O–H groups in total. The predicted molar refractivity (Wildman–Crippen MR) is 116 cm³/mol. The summed E-state index contributed by atoms with van der Waals surface area (Å²) in [5, 5.41) is 4.59. The van der Waals surface area contributed by atoms with E-state index in [-0.39, 0.29) is 5.78 Å². The Bertz CT molecular complexity index is 1140. The molecule has 5 nitrogen and oxygen atoms in total. The van der Waals surface area contributed by atoms with Gasteiger partial charge in [-0.3, -0.25) is 4.79 Å². The van der Waals surface area contributed by atoms with E-state index in [9.17, 15) is 4.79 Å². The van der Waals surface area contributed by atoms with Gasteiger partial charge in [-0.2, -0.15) is 0 Å². The third-order valence-corrected chi connectivity index (χ3v) is 5.88. The van der Waals surface area contributed by atoms with Crippen LogP contribution in [0.4, 0.5) is 11.5 Å². The fourth-order valence-electron chi connectivity index (χ4n) is 4.16. The topological polar surface area (TPSA) is 56.1 Å². The van der Waals surface area contributed by atoms with Gasteiger partial charge in [0.15, 0.2) is 5.78 Å². The van der Waals surface area contributed by atoms with E-state index in [2.05, 4.69) is 52.4 Å². The minimum atomic E-state index is 0.0376. The highest BCUT2D eigenvalue weighted by atomic mass is 16.5. The summed E-state index contributed by atoms with van der Waals surface area (Å²) in [6.07, 6.45) is 9.45. The van der Waals surface area contributed by atoms with Crippen LogP contribution in [0.3, 0.4) is 0 Å². The minimum Gasteiger partial charge on any atom is -0.377 e. The number of carbonyl (C=O) groups is 1. The van der Waals surface area contributed by atoms with Crippen molar-refractivity contribution in [3.05, 3.63) is 59.4 Å². The number of pyridine rings is 1. The summed E-state index contributed by atoms with van der Waals surface area (Å²) in [5.74, 6) is 1.24. The molecule has 0 spiro atoms. The van der Waals surface area contributed by atoms with Crippen LogP contribution in [-0.2, 0) is 11.8 Å². The maximum Gasteiger partial charge on any atom is 0.163 e. The molecule has 0 radical (unpaired) electrons. The second-order valence-corrected chi connectivity index (χ2v) is 8.06. The standard InChI is InChI=1S/C24H25N3O2/c1-15(28)21-12-19(16-3-4-16)14-25-24(21)26-20-11-18-5-8-27(2)23(18)22(13-20)17-6-9-29-10-7-17/h5-6,8,11-14,16H,3-4,7,9-10H2,1-2H3,(H,25,26). The molecule has 1 saturated carbocycles. The molecule has 3 aromatic rings. The zero-order valence-corrected chi connectivity index (χ0v) is 16.9. The lowest BCUT2D eigenvalue weighted by Gasteiger charge is -2.18. The number of carbonyl (C=O) groups excluding carboxylic acids is 1. The average molecular weight is 387 g/mol. The Morgan fingerprint density at radius 1 is 1.28 bits per heavy atom. The average Bonchev–Trinajstić information content (AvgIpc) is 3.52. The second-order valence-electron chi connectivity index (χ2n) is 8.06. The maximum absolute atomic E-state index is 12.3. The molecule has 29 heavy (non-hydrogen) atoms. The van der Waals surface area contributed by atoms with E-state index < -0.39 is 0 Å². The zero-order valence-electron chi connectivity index (χ0n) is 16.9. The number of benzene rings is 1. The van der Waals surface area contributed by atoms with Crippen LogP contribution in [0.1, 0.15) is 53.6 Å². The predicted octanol–water partition coefficient (Wildman–Crippen LogP) is 5.20. The lowest BCUT2D eigenvalue weighted by Crippen LogP contribution is -2.07. The summed E-state index contributed by atoms with van der Waals surface area (Å²) in [4.78, 5) is 16.9. The molecule has 1 aromatic carbocycles. The smallest absolute Gasteiger partial charge is 0.163 e. The Kier molecular flexibility index (Phi) is 4.47. The monoisotopic (exact) mass is 387 g/mol. The fraction of sp³-hybridized carbons (Fsp3) is 0.333. The van der Waals surface area contributed by atoms with Crippen molar-refractivity contribution >= 4 is 33.8 Å². The normalized spacial score (nSPS) is 16.7. The third-order valence-electron chi connectivity index (χ3n) is 5.88. The molecule has 3 heterocycles. The molecule has 5 rings (SSSR count). The zero-order chi connectivity index (χ0) is 20.0. The van der Waals surface area contributed by atoms with Gasteiger partial charge in [0.1, 0.15) is 5.82 Å². The highest BCUT2D eigenvalue weighted by molar-refractivity contribution is 6.00. The third kappa shape index (κ3) is 3.47. The van der Waals surface area contributed by atoms with Crippen LogP contribution < -0.4 is 5.32 Å². The van der Waals surface area contributed by atoms with Crippen LogP contribution in [0.15, 0.2) is 42.7 Å². The van der Waals surface area contributed by atoms with Gasteiger partial charge in [-0.1, -0.05) is 6.08 Å². The van der Waals surface area contributed by atoms with Crippen molar-refractivity contribution in [2.45, 2.75) is 32.1 Å². The van der Waals surface area contributed by atoms with E-state index in [0.29, 0.717) is 23.9 Å². The quantitative estimate of drug-likeness (QED) is 0.611. The molecule has 0 bridgehead atoms. The number of aromatic nitrogens is 2. The molecular formula is C24H25N3O2. The Balaban J connectivity index is 1.57. The Morgan fingerprint density at radius 3 is 2.86 bits per heavy atom. The first kappa shape index (κ1) is 18.1. The largest absolute Gasteiger partial charge is 0.377 e. The number of ketones is 1. The van der Waals surface area contributed by atoms with Crippen molar-refractivity contribution in [1.82, 2.24) is 9.55 Å². The molecule has 2 aromatic heterocycles. The van der Waals surface area contributed by atoms with Crippen molar-refractivity contribution in [2.24, 2.45) is 7.05 Å². The van der Waals surface area contributed by atoms with Gasteiger partial charge in [-0.25, -0.2) is 4.98 Å². The number of hydrogen-bond donors (Lipinski definition) is 1. The van der Waals surface area contributed by atoms with Crippen molar-refractivity contribution in [3.63, 3.8) is 0 Å². The van der Waals surface area contributed by atoms with Crippen LogP contribution in [0.5, 0.6) is 0 Å². The van der Waals surface area contributed by atoms with Gasteiger partial charge in [0, 0.05) is 36.1 Å². The second kappa shape index (κ2) is 7.16. The number of anilines is 2. The molecule has 1 fully saturated rings. The van der Waals surface area contributed by atoms with Crippen LogP contribution in [0.25, 0.3) is 16.5 Å². The molecule has 1 aliphatic heterocycles. The number of nitrogens with one attached hydrogen (secondary N) is 1. The van der Waals surface area contributed by atoms with E-state index in [1.165, 1.54) is 40.4 Å². The molecule has 148 valence electrons. The van der Waals surface area contributed by atoms with Gasteiger partial charge in [0.2, 0.25) is 0 Å². The van der Waals surface area contributed by atoms with Crippen molar-refractivity contribution in [2.75, 3.05) is 18.5 Å². The molecule has 0 saturated heterocycles. The summed E-state index contributed by atoms with van der Waals surface area (Å²) in [7, 11) is 2.07. The number of nitrogens with zero attached hydrogens (tertiary/aromatic N) is 2. The van der Waals surface area contributed by atoms with E-state index in [0.717, 1.165) is 18.7 Å². The van der Waals surface area contributed by atoms with Crippen molar-refractivity contribution in [1.29, 1.82) is 0 Å². The van der Waals surface area contributed by atoms with Crippen molar-refractivity contribution in [3.8, 4) is 0 Å². The lowest BCUT2D eigenvalue weighted by atomic mass is 9.98. The minimum absolute atomic E-state index is 0.0376. The summed E-state index contributed by atoms with van der Waals surface area (Å²) in [5.41, 5.74) is 6.50. The Hall–Kier alpha value is -2.92. The lowest BCUT2D eigenvalue weighted by molar-refractivity contribution is 0.101. The molecule has 5 heteroatoms. The fourth-order valence-corrected chi connectivity index (χ4v) is 4.16. The first-order chi connectivity index (χ1) is 14.1. The molecule has 0 unspecified atom stereocenters. The number of ether oxygens (including phenoxy) is 1. The highest BCUT2D eigenvalue weighted by Gasteiger charge is 2.25. The summed E-state index contributed by atoms with van der Waals surface area (Å²) >= 11 is 0. The molecule has 1 aliphatic carbocycles. The molecule has 0 atom stereocenters. The van der Waals surface area contributed by atoms with Gasteiger partial charge >= 0.3 is 0 Å². The SMILES string of the molecule is CC(=O)c1cc(C2CC2)cnc1Nc1cc(C2=CCOCC2)c2c(ccn2C)c1. The summed E-state index contributed by atoms with van der Waals surface area (Å²) < 4.78 is 7.66. The van der Waals surface area contributed by atoms with E-state index >= 15 is 0 Å². The van der Waals surface area contributed by atoms with E-state index in [1.807, 2.05) is 12.3 Å². The van der Waals surface area contributed by atoms with Gasteiger partial charge in [-0.15, -0.1) is 0 Å². The van der Waals surface area contributed by atoms with Crippen LogP contribution in [-0.4, -0.2) is 28.5 Å². The number of Topliss-reactive ketones (excluding diaryl/α,β-unsaturated/α-hetero) is 1. The molecular weight excluding hydrogens is 362 g/mol. The summed E-state index contributed by atoms with van der Waals surface area (Å²) in [6, 6.07) is 8.43. The van der Waals surface area contributed by atoms with Gasteiger partial charge in [-0.05, 0) is 67.5 Å². The number of aryl methyl sites for hydroxylation is 1. The van der Waals surface area contributed by atoms with Crippen LogP contribution >= 0.6 is 0 Å². The van der Waals surface area contributed by atoms with Crippen molar-refractivity contribution < 1.29 is 9.53 Å². The summed E-state index contributed by atoms with van der Waals surface area (Å²) in [6.45, 7) is 3.00. The first-order valence-corrected chi connectivity index (χ1v) is 10.2. The highest BCUT2D eigenvalue weighted by Crippen LogP contribution is 2.41. The van der Waals surface area contributed by atoms with E-state index in [4.69, 9.17) is 4.74 Å². The van der Waals surface area contributed by atoms with Crippen LogP contribution in [0.2, 0.25) is 0 Å². The van der Waals surface area contributed by atoms with Gasteiger partial charge in [0.25, 0.3) is 0 Å². The first-order valence-electron chi connectivity index (χ1n) is 10.2. The number of hydrogen-bond acceptors (Lipinski definition) is 4. The van der Waals surface area contributed by atoms with Gasteiger partial charge in [0.05, 0.1) is 24.3 Å². The van der Waals surface area contributed by atoms with Gasteiger partial charge < -0.3 is 14.6 Å². The number of rotatable bonds is 5. The van der Waals surface area contributed by atoms with E-state index in [1.54, 1.807) is 6.92 Å². The Morgan fingerprint density at radius 2 is 2.14 bits per heavy atom. The molecule has 0 amide bonds. The maximum atomic E-state index is 12.3. The molecule has 2 aliphatic rings. The Labute approximate surface area is 170 Å².